The van der Waals surface area contributed by atoms with Gasteiger partial charge in [0.1, 0.15) is 11.6 Å². The van der Waals surface area contributed by atoms with E-state index < -0.39 is 0 Å². The molecule has 0 bridgehead atoms. The molecule has 6 heteroatoms. The number of benzene rings is 2. The molecule has 0 saturated heterocycles. The average molecular weight is 362 g/mol. The van der Waals surface area contributed by atoms with E-state index in [2.05, 4.69) is 16.1 Å². The molecule has 0 atom stereocenters. The number of ether oxygens (including phenoxy) is 1. The van der Waals surface area contributed by atoms with Crippen molar-refractivity contribution in [2.24, 2.45) is 7.05 Å². The summed E-state index contributed by atoms with van der Waals surface area (Å²) >= 11 is 0. The molecule has 0 spiro atoms. The monoisotopic (exact) mass is 362 g/mol. The summed E-state index contributed by atoms with van der Waals surface area (Å²) < 4.78 is 7.03. The Morgan fingerprint density at radius 2 is 1.89 bits per heavy atom. The van der Waals surface area contributed by atoms with Gasteiger partial charge in [-0.3, -0.25) is 9.48 Å². The summed E-state index contributed by atoms with van der Waals surface area (Å²) in [6, 6.07) is 13.6. The second kappa shape index (κ2) is 6.87. The van der Waals surface area contributed by atoms with Crippen LogP contribution in [0.15, 0.2) is 42.5 Å². The topological polar surface area (TPSA) is 60.2 Å². The van der Waals surface area contributed by atoms with Gasteiger partial charge in [-0.1, -0.05) is 18.2 Å². The van der Waals surface area contributed by atoms with Crippen LogP contribution in [-0.2, 0) is 20.0 Å². The van der Waals surface area contributed by atoms with Gasteiger partial charge in [0, 0.05) is 31.3 Å². The molecule has 0 aliphatic carbocycles. The van der Waals surface area contributed by atoms with Crippen LogP contribution in [0.25, 0.3) is 11.4 Å². The largest absolute Gasteiger partial charge is 0.497 e. The maximum atomic E-state index is 12.9. The molecule has 138 valence electrons. The van der Waals surface area contributed by atoms with Crippen LogP contribution in [0.2, 0.25) is 0 Å². The van der Waals surface area contributed by atoms with Crippen LogP contribution >= 0.6 is 0 Å². The third kappa shape index (κ3) is 3.30. The molecule has 1 aromatic heterocycles. The van der Waals surface area contributed by atoms with Gasteiger partial charge in [-0.25, -0.2) is 4.98 Å². The van der Waals surface area contributed by atoms with Crippen LogP contribution in [0.4, 0.5) is 0 Å². The number of amides is 1. The summed E-state index contributed by atoms with van der Waals surface area (Å²) in [4.78, 5) is 19.2. The van der Waals surface area contributed by atoms with Gasteiger partial charge >= 0.3 is 0 Å². The number of fused-ring (bicyclic) bond motifs is 1. The molecule has 1 aliphatic heterocycles. The predicted octanol–water partition coefficient (Wildman–Crippen LogP) is 3.00. The highest BCUT2D eigenvalue weighted by Gasteiger charge is 2.22. The highest BCUT2D eigenvalue weighted by atomic mass is 16.5. The fourth-order valence-corrected chi connectivity index (χ4v) is 3.36. The standard InChI is InChI=1S/C21H22N4O2/c1-14-22-20(23-24(14)2)15-4-6-16(7-5-15)21(26)25-11-10-17-12-19(27-3)9-8-18(17)13-25/h4-9,12H,10-11,13H2,1-3H3. The van der Waals surface area contributed by atoms with Crippen molar-refractivity contribution in [2.75, 3.05) is 13.7 Å². The van der Waals surface area contributed by atoms with Gasteiger partial charge < -0.3 is 9.64 Å². The first-order chi connectivity index (χ1) is 13.0. The molecule has 3 aromatic rings. The molecule has 2 heterocycles. The molecule has 0 unspecified atom stereocenters. The molecule has 1 aliphatic rings. The number of carbonyl (C=O) groups is 1. The molecule has 0 N–H and O–H groups in total. The smallest absolute Gasteiger partial charge is 0.254 e. The first-order valence-corrected chi connectivity index (χ1v) is 8.98. The molecule has 2 aromatic carbocycles. The molecule has 0 radical (unpaired) electrons. The maximum Gasteiger partial charge on any atom is 0.254 e. The molecule has 4 rings (SSSR count). The van der Waals surface area contributed by atoms with E-state index in [1.165, 1.54) is 11.1 Å². The molecular weight excluding hydrogens is 340 g/mol. The van der Waals surface area contributed by atoms with Crippen LogP contribution in [0.1, 0.15) is 27.3 Å². The third-order valence-corrected chi connectivity index (χ3v) is 5.08. The summed E-state index contributed by atoms with van der Waals surface area (Å²) in [5.41, 5.74) is 4.03. The summed E-state index contributed by atoms with van der Waals surface area (Å²) in [5.74, 6) is 2.44. The first kappa shape index (κ1) is 17.3. The number of nitrogens with zero attached hydrogens (tertiary/aromatic N) is 4. The van der Waals surface area contributed by atoms with Gasteiger partial charge in [0.25, 0.3) is 5.91 Å². The van der Waals surface area contributed by atoms with Gasteiger partial charge in [0.2, 0.25) is 0 Å². The fraction of sp³-hybridized carbons (Fsp3) is 0.286. The Balaban J connectivity index is 1.51. The summed E-state index contributed by atoms with van der Waals surface area (Å²) in [7, 11) is 3.54. The quantitative estimate of drug-likeness (QED) is 0.719. The number of aryl methyl sites for hydroxylation is 2. The lowest BCUT2D eigenvalue weighted by Gasteiger charge is -2.29. The zero-order chi connectivity index (χ0) is 19.0. The SMILES string of the molecule is COc1ccc2c(c1)CCN(C(=O)c1ccc(-c3nc(C)n(C)n3)cc1)C2. The predicted molar refractivity (Wildman–Crippen MR) is 103 cm³/mol. The van der Waals surface area contributed by atoms with Crippen LogP contribution in [0, 0.1) is 6.92 Å². The molecule has 1 amide bonds. The maximum absolute atomic E-state index is 12.9. The van der Waals surface area contributed by atoms with Crippen LogP contribution in [0.3, 0.4) is 0 Å². The van der Waals surface area contributed by atoms with E-state index in [0.717, 1.165) is 23.6 Å². The highest BCUT2D eigenvalue weighted by Crippen LogP contribution is 2.25. The number of carbonyl (C=O) groups excluding carboxylic acids is 1. The Hall–Kier alpha value is -3.15. The van der Waals surface area contributed by atoms with E-state index in [9.17, 15) is 4.79 Å². The number of rotatable bonds is 3. The summed E-state index contributed by atoms with van der Waals surface area (Å²) in [6.45, 7) is 3.25. The van der Waals surface area contributed by atoms with Crippen molar-refractivity contribution in [1.29, 1.82) is 0 Å². The van der Waals surface area contributed by atoms with Crippen LogP contribution in [-0.4, -0.2) is 39.2 Å². The number of methoxy groups -OCH3 is 1. The normalized spacial score (nSPS) is 13.4. The minimum absolute atomic E-state index is 0.0492. The van der Waals surface area contributed by atoms with Gasteiger partial charge in [0.05, 0.1) is 7.11 Å². The van der Waals surface area contributed by atoms with Crippen molar-refractivity contribution in [1.82, 2.24) is 19.7 Å². The molecule has 0 fully saturated rings. The van der Waals surface area contributed by atoms with E-state index in [1.807, 2.05) is 55.3 Å². The van der Waals surface area contributed by atoms with Crippen molar-refractivity contribution < 1.29 is 9.53 Å². The van der Waals surface area contributed by atoms with E-state index in [4.69, 9.17) is 4.74 Å². The van der Waals surface area contributed by atoms with Gasteiger partial charge in [0.15, 0.2) is 5.82 Å². The van der Waals surface area contributed by atoms with E-state index in [-0.39, 0.29) is 5.91 Å². The number of hydrogen-bond donors (Lipinski definition) is 0. The molecular formula is C21H22N4O2. The Morgan fingerprint density at radius 1 is 1.11 bits per heavy atom. The zero-order valence-corrected chi connectivity index (χ0v) is 15.8. The van der Waals surface area contributed by atoms with Crippen LogP contribution < -0.4 is 4.74 Å². The lowest BCUT2D eigenvalue weighted by Crippen LogP contribution is -2.35. The lowest BCUT2D eigenvalue weighted by atomic mass is 9.98. The van der Waals surface area contributed by atoms with Crippen molar-refractivity contribution in [3.8, 4) is 17.1 Å². The Kier molecular flexibility index (Phi) is 4.39. The van der Waals surface area contributed by atoms with Crippen molar-refractivity contribution in [3.05, 3.63) is 65.0 Å². The van der Waals surface area contributed by atoms with Gasteiger partial charge in [-0.05, 0) is 48.7 Å². The minimum atomic E-state index is 0.0492. The molecule has 6 nitrogen and oxygen atoms in total. The van der Waals surface area contributed by atoms with Crippen molar-refractivity contribution in [2.45, 2.75) is 19.9 Å². The lowest BCUT2D eigenvalue weighted by molar-refractivity contribution is 0.0734. The summed E-state index contributed by atoms with van der Waals surface area (Å²) in [5, 5.41) is 4.38. The van der Waals surface area contributed by atoms with E-state index in [1.54, 1.807) is 11.8 Å². The van der Waals surface area contributed by atoms with E-state index >= 15 is 0 Å². The van der Waals surface area contributed by atoms with Crippen molar-refractivity contribution >= 4 is 5.91 Å². The number of hydrogen-bond acceptors (Lipinski definition) is 4. The first-order valence-electron chi connectivity index (χ1n) is 8.98. The Labute approximate surface area is 158 Å². The fourth-order valence-electron chi connectivity index (χ4n) is 3.36. The van der Waals surface area contributed by atoms with Crippen molar-refractivity contribution in [3.63, 3.8) is 0 Å². The Bertz CT molecular complexity index is 972. The average Bonchev–Trinajstić information content (AvgIpc) is 3.05. The van der Waals surface area contributed by atoms with Crippen LogP contribution in [0.5, 0.6) is 5.75 Å². The van der Waals surface area contributed by atoms with E-state index in [0.29, 0.717) is 24.5 Å². The zero-order valence-electron chi connectivity index (χ0n) is 15.8. The second-order valence-corrected chi connectivity index (χ2v) is 6.79. The highest BCUT2D eigenvalue weighted by molar-refractivity contribution is 5.94. The Morgan fingerprint density at radius 3 is 2.56 bits per heavy atom. The molecule has 0 saturated carbocycles. The minimum Gasteiger partial charge on any atom is -0.497 e. The second-order valence-electron chi connectivity index (χ2n) is 6.79. The van der Waals surface area contributed by atoms with Gasteiger partial charge in [-0.15, -0.1) is 0 Å². The number of aromatic nitrogens is 3. The summed E-state index contributed by atoms with van der Waals surface area (Å²) in [6.07, 6.45) is 0.841. The van der Waals surface area contributed by atoms with Gasteiger partial charge in [-0.2, -0.15) is 5.10 Å². The third-order valence-electron chi connectivity index (χ3n) is 5.08. The molecule has 27 heavy (non-hydrogen) atoms.